The second-order valence-electron chi connectivity index (χ2n) is 5.95. The normalized spacial score (nSPS) is 16.5. The minimum Gasteiger partial charge on any atom is -0.353 e. The molecule has 0 saturated carbocycles. The maximum atomic E-state index is 12.5. The van der Waals surface area contributed by atoms with Crippen LogP contribution in [0.15, 0.2) is 30.3 Å². The monoisotopic (exact) mass is 353 g/mol. The van der Waals surface area contributed by atoms with Gasteiger partial charge in [0.15, 0.2) is 0 Å². The summed E-state index contributed by atoms with van der Waals surface area (Å²) in [4.78, 5) is 26.5. The number of nitrogens with one attached hydrogen (secondary N) is 2. The van der Waals surface area contributed by atoms with Crippen LogP contribution in [-0.2, 0) is 16.0 Å². The molecule has 2 N–H and O–H groups in total. The van der Waals surface area contributed by atoms with E-state index in [4.69, 9.17) is 0 Å². The van der Waals surface area contributed by atoms with Gasteiger partial charge in [0.1, 0.15) is 6.04 Å². The van der Waals surface area contributed by atoms with Gasteiger partial charge in [0.2, 0.25) is 11.8 Å². The quantitative estimate of drug-likeness (QED) is 0.700. The molecule has 6 heteroatoms. The van der Waals surface area contributed by atoms with Crippen molar-refractivity contribution in [3.05, 3.63) is 35.9 Å². The van der Waals surface area contributed by atoms with Gasteiger partial charge in [-0.05, 0) is 31.4 Å². The molecule has 1 saturated heterocycles. The predicted octanol–water partition coefficient (Wildman–Crippen LogP) is 1.76. The number of carbonyl (C=O) groups is 2. The first-order chi connectivity index (χ1) is 11.2. The maximum Gasteiger partial charge on any atom is 0.242 e. The van der Waals surface area contributed by atoms with Crippen LogP contribution >= 0.6 is 12.4 Å². The van der Waals surface area contributed by atoms with E-state index in [9.17, 15) is 9.59 Å². The highest BCUT2D eigenvalue weighted by Gasteiger charge is 2.33. The second-order valence-corrected chi connectivity index (χ2v) is 5.95. The zero-order valence-corrected chi connectivity index (χ0v) is 15.1. The van der Waals surface area contributed by atoms with E-state index in [-0.39, 0.29) is 30.3 Å². The number of nitrogens with zero attached hydrogens (tertiary/aromatic N) is 1. The Morgan fingerprint density at radius 3 is 2.62 bits per heavy atom. The minimum absolute atomic E-state index is 0. The molecule has 2 rings (SSSR count). The van der Waals surface area contributed by atoms with Gasteiger partial charge in [0.05, 0.1) is 6.42 Å². The Hall–Kier alpha value is -1.59. The first-order valence-electron chi connectivity index (χ1n) is 8.54. The van der Waals surface area contributed by atoms with E-state index in [0.29, 0.717) is 19.5 Å². The first kappa shape index (κ1) is 20.5. The number of benzene rings is 1. The Balaban J connectivity index is 0.00000288. The molecule has 0 aromatic heterocycles. The van der Waals surface area contributed by atoms with Crippen LogP contribution in [0.2, 0.25) is 0 Å². The Morgan fingerprint density at radius 1 is 1.17 bits per heavy atom. The molecule has 0 bridgehead atoms. The lowest BCUT2D eigenvalue weighted by atomic mass is 10.1. The van der Waals surface area contributed by atoms with Crippen molar-refractivity contribution in [3.63, 3.8) is 0 Å². The third-order valence-electron chi connectivity index (χ3n) is 4.10. The lowest BCUT2D eigenvalue weighted by Crippen LogP contribution is -2.47. The fourth-order valence-electron chi connectivity index (χ4n) is 2.90. The number of rotatable bonds is 8. The van der Waals surface area contributed by atoms with Gasteiger partial charge in [0.25, 0.3) is 0 Å². The molecule has 1 heterocycles. The fraction of sp³-hybridized carbons (Fsp3) is 0.556. The Labute approximate surface area is 150 Å². The standard InChI is InChI=1S/C18H27N3O2.ClH/c1-2-10-19-11-12-20-18(23)16-9-6-13-21(16)17(22)14-15-7-4-3-5-8-15;/h3-5,7-8,16,19H,2,6,9-14H2,1H3,(H,20,23);1H. The van der Waals surface area contributed by atoms with Gasteiger partial charge in [-0.2, -0.15) is 0 Å². The molecule has 0 aliphatic carbocycles. The molecule has 0 spiro atoms. The lowest BCUT2D eigenvalue weighted by Gasteiger charge is -2.24. The van der Waals surface area contributed by atoms with Gasteiger partial charge in [-0.3, -0.25) is 9.59 Å². The highest BCUT2D eigenvalue weighted by Crippen LogP contribution is 2.18. The molecule has 1 atom stereocenters. The Morgan fingerprint density at radius 2 is 1.92 bits per heavy atom. The number of hydrogen-bond acceptors (Lipinski definition) is 3. The summed E-state index contributed by atoms with van der Waals surface area (Å²) < 4.78 is 0. The van der Waals surface area contributed by atoms with E-state index < -0.39 is 0 Å². The van der Waals surface area contributed by atoms with E-state index in [2.05, 4.69) is 17.6 Å². The van der Waals surface area contributed by atoms with Crippen molar-refractivity contribution in [2.75, 3.05) is 26.2 Å². The molecular formula is C18H28ClN3O2. The number of hydrogen-bond donors (Lipinski definition) is 2. The molecule has 1 fully saturated rings. The fourth-order valence-corrected chi connectivity index (χ4v) is 2.90. The molecule has 24 heavy (non-hydrogen) atoms. The van der Waals surface area contributed by atoms with Crippen molar-refractivity contribution in [2.24, 2.45) is 0 Å². The lowest BCUT2D eigenvalue weighted by molar-refractivity contribution is -0.137. The molecule has 1 aliphatic heterocycles. The SMILES string of the molecule is CCCNCCNC(=O)C1CCCN1C(=O)Cc1ccccc1.Cl. The molecule has 1 unspecified atom stereocenters. The van der Waals surface area contributed by atoms with Crippen LogP contribution < -0.4 is 10.6 Å². The maximum absolute atomic E-state index is 12.5. The molecule has 1 aromatic rings. The summed E-state index contributed by atoms with van der Waals surface area (Å²) >= 11 is 0. The molecule has 134 valence electrons. The minimum atomic E-state index is -0.308. The number of carbonyl (C=O) groups excluding carboxylic acids is 2. The van der Waals surface area contributed by atoms with E-state index in [0.717, 1.165) is 37.9 Å². The van der Waals surface area contributed by atoms with Crippen LogP contribution in [0, 0.1) is 0 Å². The average Bonchev–Trinajstić information content (AvgIpc) is 3.05. The summed E-state index contributed by atoms with van der Waals surface area (Å²) in [7, 11) is 0. The van der Waals surface area contributed by atoms with Crippen molar-refractivity contribution in [2.45, 2.75) is 38.6 Å². The summed E-state index contributed by atoms with van der Waals surface area (Å²) in [5.41, 5.74) is 0.993. The highest BCUT2D eigenvalue weighted by molar-refractivity contribution is 5.89. The largest absolute Gasteiger partial charge is 0.353 e. The summed E-state index contributed by atoms with van der Waals surface area (Å²) in [6.45, 7) is 5.12. The topological polar surface area (TPSA) is 61.4 Å². The molecule has 2 amide bonds. The smallest absolute Gasteiger partial charge is 0.242 e. The van der Waals surface area contributed by atoms with Gasteiger partial charge in [-0.1, -0.05) is 37.3 Å². The van der Waals surface area contributed by atoms with Crippen molar-refractivity contribution < 1.29 is 9.59 Å². The van der Waals surface area contributed by atoms with E-state index in [1.807, 2.05) is 30.3 Å². The molecule has 5 nitrogen and oxygen atoms in total. The summed E-state index contributed by atoms with van der Waals surface area (Å²) in [5, 5.41) is 6.19. The number of likely N-dealkylation sites (tertiary alicyclic amines) is 1. The van der Waals surface area contributed by atoms with Crippen molar-refractivity contribution in [1.82, 2.24) is 15.5 Å². The van der Waals surface area contributed by atoms with Gasteiger partial charge in [-0.25, -0.2) is 0 Å². The van der Waals surface area contributed by atoms with Crippen molar-refractivity contribution >= 4 is 24.2 Å². The predicted molar refractivity (Wildman–Crippen MR) is 98.3 cm³/mol. The summed E-state index contributed by atoms with van der Waals surface area (Å²) in [6, 6.07) is 9.38. The van der Waals surface area contributed by atoms with E-state index in [1.165, 1.54) is 0 Å². The molecular weight excluding hydrogens is 326 g/mol. The van der Waals surface area contributed by atoms with Crippen LogP contribution in [0.3, 0.4) is 0 Å². The van der Waals surface area contributed by atoms with Crippen LogP contribution in [-0.4, -0.2) is 48.9 Å². The highest BCUT2D eigenvalue weighted by atomic mass is 35.5. The average molecular weight is 354 g/mol. The zero-order valence-electron chi connectivity index (χ0n) is 14.3. The first-order valence-corrected chi connectivity index (χ1v) is 8.54. The molecule has 1 aliphatic rings. The zero-order chi connectivity index (χ0) is 16.5. The van der Waals surface area contributed by atoms with Crippen LogP contribution in [0.5, 0.6) is 0 Å². The third kappa shape index (κ3) is 6.13. The van der Waals surface area contributed by atoms with Gasteiger partial charge < -0.3 is 15.5 Å². The van der Waals surface area contributed by atoms with Gasteiger partial charge in [0, 0.05) is 19.6 Å². The molecule has 0 radical (unpaired) electrons. The summed E-state index contributed by atoms with van der Waals surface area (Å²) in [6.07, 6.45) is 3.10. The van der Waals surface area contributed by atoms with Crippen LogP contribution in [0.4, 0.5) is 0 Å². The Bertz CT molecular complexity index is 510. The van der Waals surface area contributed by atoms with Gasteiger partial charge >= 0.3 is 0 Å². The Kier molecular flexibility index (Phi) is 9.42. The van der Waals surface area contributed by atoms with Crippen LogP contribution in [0.1, 0.15) is 31.7 Å². The van der Waals surface area contributed by atoms with E-state index >= 15 is 0 Å². The second kappa shape index (κ2) is 11.0. The van der Waals surface area contributed by atoms with Crippen molar-refractivity contribution in [3.8, 4) is 0 Å². The molecule has 1 aromatic carbocycles. The number of amides is 2. The van der Waals surface area contributed by atoms with Crippen molar-refractivity contribution in [1.29, 1.82) is 0 Å². The van der Waals surface area contributed by atoms with Gasteiger partial charge in [-0.15, -0.1) is 12.4 Å². The summed E-state index contributed by atoms with van der Waals surface area (Å²) in [5.74, 6) is 0.0140. The third-order valence-corrected chi connectivity index (χ3v) is 4.10. The van der Waals surface area contributed by atoms with E-state index in [1.54, 1.807) is 4.90 Å². The number of halogens is 1. The van der Waals surface area contributed by atoms with Crippen LogP contribution in [0.25, 0.3) is 0 Å².